The number of halogens is 1. The minimum Gasteiger partial charge on any atom is -0.354 e. The number of amides is 2. The zero-order valence-corrected chi connectivity index (χ0v) is 19.5. The Morgan fingerprint density at radius 3 is 2.32 bits per heavy atom. The van der Waals surface area contributed by atoms with Crippen LogP contribution < -0.4 is 10.2 Å². The van der Waals surface area contributed by atoms with Crippen molar-refractivity contribution in [2.75, 3.05) is 18.0 Å². The Balaban J connectivity index is 1.50. The topological polar surface area (TPSA) is 83.6 Å². The third-order valence-electron chi connectivity index (χ3n) is 5.99. The van der Waals surface area contributed by atoms with Gasteiger partial charge in [0.2, 0.25) is 11.8 Å². The molecule has 34 heavy (non-hydrogen) atoms. The summed E-state index contributed by atoms with van der Waals surface area (Å²) in [6.45, 7) is 2.02. The lowest BCUT2D eigenvalue weighted by Crippen LogP contribution is -2.37. The summed E-state index contributed by atoms with van der Waals surface area (Å²) in [5, 5.41) is 1.68. The van der Waals surface area contributed by atoms with Crippen molar-refractivity contribution >= 4 is 27.3 Å². The number of carbonyl (C=O) groups excluding carboxylic acids is 2. The van der Waals surface area contributed by atoms with Crippen LogP contribution in [0.15, 0.2) is 83.8 Å². The van der Waals surface area contributed by atoms with Gasteiger partial charge in [-0.3, -0.25) is 9.59 Å². The molecule has 1 heterocycles. The van der Waals surface area contributed by atoms with Gasteiger partial charge in [-0.2, -0.15) is 0 Å². The monoisotopic (exact) mass is 480 g/mol. The van der Waals surface area contributed by atoms with Crippen LogP contribution >= 0.6 is 0 Å². The molecule has 0 saturated carbocycles. The van der Waals surface area contributed by atoms with Gasteiger partial charge in [0.1, 0.15) is 11.1 Å². The van der Waals surface area contributed by atoms with Gasteiger partial charge in [-0.05, 0) is 48.9 Å². The van der Waals surface area contributed by atoms with E-state index in [1.54, 1.807) is 35.2 Å². The smallest absolute Gasteiger partial charge is 0.227 e. The fraction of sp³-hybridized carbons (Fsp3) is 0.231. The van der Waals surface area contributed by atoms with Crippen molar-refractivity contribution in [3.8, 4) is 0 Å². The van der Waals surface area contributed by atoms with E-state index in [1.807, 2.05) is 31.2 Å². The van der Waals surface area contributed by atoms with Crippen molar-refractivity contribution < 1.29 is 22.4 Å². The Kier molecular flexibility index (Phi) is 6.79. The van der Waals surface area contributed by atoms with Gasteiger partial charge in [0.25, 0.3) is 0 Å². The summed E-state index contributed by atoms with van der Waals surface area (Å²) >= 11 is 0. The first-order chi connectivity index (χ1) is 16.3. The van der Waals surface area contributed by atoms with E-state index in [-0.39, 0.29) is 36.2 Å². The number of nitrogens with zero attached hydrogens (tertiary/aromatic N) is 1. The number of rotatable bonds is 7. The molecule has 8 heteroatoms. The van der Waals surface area contributed by atoms with Crippen molar-refractivity contribution in [2.24, 2.45) is 5.92 Å². The largest absolute Gasteiger partial charge is 0.354 e. The van der Waals surface area contributed by atoms with E-state index >= 15 is 0 Å². The average Bonchev–Trinajstić information content (AvgIpc) is 3.22. The van der Waals surface area contributed by atoms with Gasteiger partial charge in [-0.1, -0.05) is 48.0 Å². The number of nitrogens with one attached hydrogen (secondary N) is 1. The lowest BCUT2D eigenvalue weighted by molar-refractivity contribution is -0.126. The molecule has 0 aliphatic carbocycles. The molecule has 6 nitrogen and oxygen atoms in total. The molecule has 1 aliphatic heterocycles. The maximum Gasteiger partial charge on any atom is 0.227 e. The minimum absolute atomic E-state index is 0.0291. The van der Waals surface area contributed by atoms with Crippen LogP contribution in [0, 0.1) is 18.7 Å². The lowest BCUT2D eigenvalue weighted by atomic mass is 10.1. The Bertz CT molecular complexity index is 1280. The second kappa shape index (κ2) is 9.77. The summed E-state index contributed by atoms with van der Waals surface area (Å²) in [7, 11) is -3.92. The van der Waals surface area contributed by atoms with Crippen molar-refractivity contribution in [3.05, 3.63) is 95.8 Å². The van der Waals surface area contributed by atoms with E-state index in [2.05, 4.69) is 5.32 Å². The highest BCUT2D eigenvalue weighted by Crippen LogP contribution is 2.30. The fourth-order valence-corrected chi connectivity index (χ4v) is 5.72. The zero-order chi connectivity index (χ0) is 24.3. The molecule has 176 valence electrons. The van der Waals surface area contributed by atoms with Crippen LogP contribution in [0.1, 0.15) is 22.8 Å². The highest BCUT2D eigenvalue weighted by molar-refractivity contribution is 7.91. The quantitative estimate of drug-likeness (QED) is 0.521. The maximum absolute atomic E-state index is 13.4. The number of aryl methyl sites for hydroxylation is 1. The summed E-state index contributed by atoms with van der Waals surface area (Å²) in [4.78, 5) is 27.0. The van der Waals surface area contributed by atoms with E-state index in [0.717, 1.165) is 23.4 Å². The molecule has 0 spiro atoms. The molecular formula is C26H25FN2O4S. The Labute approximate surface area is 198 Å². The Hall–Kier alpha value is -3.52. The second-order valence-corrected chi connectivity index (χ2v) is 10.5. The van der Waals surface area contributed by atoms with E-state index in [0.29, 0.717) is 5.56 Å². The second-order valence-electron chi connectivity index (χ2n) is 8.38. The predicted molar refractivity (Wildman–Crippen MR) is 127 cm³/mol. The number of sulfone groups is 1. The Morgan fingerprint density at radius 1 is 1.03 bits per heavy atom. The van der Waals surface area contributed by atoms with Crippen LogP contribution in [0.2, 0.25) is 0 Å². The first-order valence-corrected chi connectivity index (χ1v) is 12.5. The summed E-state index contributed by atoms with van der Waals surface area (Å²) in [6.07, 6.45) is 0.0560. The SMILES string of the molecule is Cc1ccc(N2CC(C(=O)NCC(c3ccccc3)S(=O)(=O)c3ccc(F)cc3)CC2=O)cc1. The van der Waals surface area contributed by atoms with Crippen molar-refractivity contribution in [2.45, 2.75) is 23.5 Å². The van der Waals surface area contributed by atoms with E-state index < -0.39 is 26.8 Å². The number of hydrogen-bond acceptors (Lipinski definition) is 4. The first-order valence-electron chi connectivity index (χ1n) is 10.9. The van der Waals surface area contributed by atoms with Crippen molar-refractivity contribution in [1.29, 1.82) is 0 Å². The van der Waals surface area contributed by atoms with Gasteiger partial charge in [0.15, 0.2) is 9.84 Å². The molecule has 2 unspecified atom stereocenters. The maximum atomic E-state index is 13.4. The molecule has 3 aromatic carbocycles. The molecule has 3 aromatic rings. The number of anilines is 1. The van der Waals surface area contributed by atoms with E-state index in [9.17, 15) is 22.4 Å². The van der Waals surface area contributed by atoms with Gasteiger partial charge >= 0.3 is 0 Å². The third-order valence-corrected chi connectivity index (χ3v) is 8.11. The van der Waals surface area contributed by atoms with E-state index in [1.165, 1.54) is 12.1 Å². The standard InChI is InChI=1S/C26H25FN2O4S/c1-18-7-11-22(12-8-18)29-17-20(15-25(29)30)26(31)28-16-24(19-5-3-2-4-6-19)34(32,33)23-13-9-21(27)10-14-23/h2-14,20,24H,15-17H2,1H3,(H,28,31). The molecular weight excluding hydrogens is 455 g/mol. The summed E-state index contributed by atoms with van der Waals surface area (Å²) in [5.74, 6) is -1.65. The highest BCUT2D eigenvalue weighted by atomic mass is 32.2. The normalized spacial score (nSPS) is 16.9. The van der Waals surface area contributed by atoms with Crippen molar-refractivity contribution in [1.82, 2.24) is 5.32 Å². The van der Waals surface area contributed by atoms with Crippen LogP contribution in [0.25, 0.3) is 0 Å². The van der Waals surface area contributed by atoms with E-state index in [4.69, 9.17) is 0 Å². The molecule has 0 aromatic heterocycles. The predicted octanol–water partition coefficient (Wildman–Crippen LogP) is 3.82. The van der Waals surface area contributed by atoms with Crippen LogP contribution in [-0.2, 0) is 19.4 Å². The highest BCUT2D eigenvalue weighted by Gasteiger charge is 2.36. The Morgan fingerprint density at radius 2 is 1.68 bits per heavy atom. The number of benzene rings is 3. The molecule has 1 saturated heterocycles. The van der Waals surface area contributed by atoms with Crippen molar-refractivity contribution in [3.63, 3.8) is 0 Å². The molecule has 0 bridgehead atoms. The van der Waals surface area contributed by atoms with Crippen LogP contribution in [0.4, 0.5) is 10.1 Å². The molecule has 1 aliphatic rings. The fourth-order valence-electron chi connectivity index (χ4n) is 4.06. The van der Waals surface area contributed by atoms with Gasteiger partial charge in [-0.25, -0.2) is 12.8 Å². The van der Waals surface area contributed by atoms with Crippen LogP contribution in [0.5, 0.6) is 0 Å². The molecule has 2 atom stereocenters. The summed E-state index contributed by atoms with van der Waals surface area (Å²) in [6, 6.07) is 20.7. The molecule has 4 rings (SSSR count). The summed E-state index contributed by atoms with van der Waals surface area (Å²) < 4.78 is 40.1. The summed E-state index contributed by atoms with van der Waals surface area (Å²) in [5.41, 5.74) is 2.31. The molecule has 1 fully saturated rings. The third kappa shape index (κ3) is 5.02. The average molecular weight is 481 g/mol. The van der Waals surface area contributed by atoms with Gasteiger partial charge in [0, 0.05) is 25.2 Å². The lowest BCUT2D eigenvalue weighted by Gasteiger charge is -2.20. The van der Waals surface area contributed by atoms with Gasteiger partial charge in [0.05, 0.1) is 10.8 Å². The molecule has 0 radical (unpaired) electrons. The number of carbonyl (C=O) groups is 2. The molecule has 2 amide bonds. The zero-order valence-electron chi connectivity index (χ0n) is 18.6. The molecule has 1 N–H and O–H groups in total. The van der Waals surface area contributed by atoms with Gasteiger partial charge < -0.3 is 10.2 Å². The van der Waals surface area contributed by atoms with Crippen LogP contribution in [-0.4, -0.2) is 33.3 Å². The van der Waals surface area contributed by atoms with Crippen LogP contribution in [0.3, 0.4) is 0 Å². The first kappa shape index (κ1) is 23.6. The minimum atomic E-state index is -3.92. The van der Waals surface area contributed by atoms with Gasteiger partial charge in [-0.15, -0.1) is 0 Å². The number of hydrogen-bond donors (Lipinski definition) is 1.